The Morgan fingerprint density at radius 1 is 1.75 bits per heavy atom. The van der Waals surface area contributed by atoms with Crippen LogP contribution in [0.5, 0.6) is 0 Å². The van der Waals surface area contributed by atoms with Crippen LogP contribution in [0.4, 0.5) is 0 Å². The number of hydrogen-bond donors (Lipinski definition) is 3. The average Bonchev–Trinajstić information content (AvgIpc) is 1.21. The molecule has 0 fully saturated rings. The maximum atomic E-state index is 10.1. The fourth-order valence-electron chi connectivity index (χ4n) is 0.375. The number of rotatable bonds is 2. The van der Waals surface area contributed by atoms with Crippen molar-refractivity contribution in [3.8, 4) is 0 Å². The summed E-state index contributed by atoms with van der Waals surface area (Å²) in [5, 5.41) is 0. The highest BCUT2D eigenvalue weighted by molar-refractivity contribution is 7.51. The molecule has 4 nitrogen and oxygen atoms in total. The lowest BCUT2D eigenvalue weighted by molar-refractivity contribution is 0.370. The first kappa shape index (κ1) is 8.11. The van der Waals surface area contributed by atoms with E-state index >= 15 is 0 Å². The van der Waals surface area contributed by atoms with Crippen molar-refractivity contribution in [1.29, 1.82) is 0 Å². The number of hydrogen-bond acceptors (Lipinski definition) is 2. The quantitative estimate of drug-likeness (QED) is 0.451. The Morgan fingerprint density at radius 2 is 2.12 bits per heavy atom. The van der Waals surface area contributed by atoms with Crippen LogP contribution >= 0.6 is 7.60 Å². The van der Waals surface area contributed by atoms with Gasteiger partial charge in [0.25, 0.3) is 0 Å². The van der Waals surface area contributed by atoms with Crippen LogP contribution in [-0.2, 0) is 4.57 Å². The molecule has 0 saturated heterocycles. The van der Waals surface area contributed by atoms with E-state index < -0.39 is 13.6 Å². The fourth-order valence-corrected chi connectivity index (χ4v) is 1.13. The smallest absolute Gasteiger partial charge is 0.327 e. The first-order valence-corrected chi connectivity index (χ1v) is 4.02. The van der Waals surface area contributed by atoms with Crippen LogP contribution in [0, 0.1) is 0 Å². The van der Waals surface area contributed by atoms with Gasteiger partial charge in [0.1, 0.15) is 0 Å². The summed E-state index contributed by atoms with van der Waals surface area (Å²) in [7, 11) is -3.85. The van der Waals surface area contributed by atoms with Crippen LogP contribution < -0.4 is 5.73 Å². The molecule has 0 spiro atoms. The molecule has 5 heteroatoms. The van der Waals surface area contributed by atoms with E-state index in [1.807, 2.05) is 0 Å². The van der Waals surface area contributed by atoms with E-state index in [0.717, 1.165) is 0 Å². The maximum Gasteiger partial charge on any atom is 0.327 e. The fraction of sp³-hybridized carbons (Fsp3) is 1.00. The third-order valence-electron chi connectivity index (χ3n) is 0.526. The van der Waals surface area contributed by atoms with Gasteiger partial charge in [0.15, 0.2) is 0 Å². The van der Waals surface area contributed by atoms with Gasteiger partial charge in [-0.2, -0.15) is 0 Å². The molecule has 0 aliphatic heterocycles. The molecule has 0 unspecified atom stereocenters. The molecule has 4 N–H and O–H groups in total. The van der Waals surface area contributed by atoms with Crippen LogP contribution in [0.25, 0.3) is 0 Å². The van der Waals surface area contributed by atoms with Gasteiger partial charge in [-0.25, -0.2) is 0 Å². The van der Waals surface area contributed by atoms with Crippen LogP contribution in [0.1, 0.15) is 6.92 Å². The van der Waals surface area contributed by atoms with Crippen molar-refractivity contribution >= 4 is 7.60 Å². The third kappa shape index (κ3) is 6.11. The summed E-state index contributed by atoms with van der Waals surface area (Å²) in [5.41, 5.74) is 5.09. The molecule has 0 aliphatic carbocycles. The largest absolute Gasteiger partial charge is 0.327 e. The van der Waals surface area contributed by atoms with Crippen molar-refractivity contribution in [2.24, 2.45) is 5.73 Å². The zero-order valence-electron chi connectivity index (χ0n) is 4.61. The summed E-state index contributed by atoms with van der Waals surface area (Å²) in [4.78, 5) is 16.4. The Balaban J connectivity index is 3.56. The Bertz CT molecular complexity index is 107. The van der Waals surface area contributed by atoms with Crippen molar-refractivity contribution in [2.75, 3.05) is 6.16 Å². The second kappa shape index (κ2) is 2.60. The molecule has 0 amide bonds. The molecule has 0 aliphatic rings. The summed E-state index contributed by atoms with van der Waals surface area (Å²) in [6, 6.07) is -0.421. The average molecular weight is 139 g/mol. The van der Waals surface area contributed by atoms with E-state index in [4.69, 9.17) is 15.5 Å². The molecule has 0 radical (unpaired) electrons. The lowest BCUT2D eigenvalue weighted by Gasteiger charge is -2.04. The highest BCUT2D eigenvalue weighted by Crippen LogP contribution is 2.34. The molecule has 8 heavy (non-hydrogen) atoms. The summed E-state index contributed by atoms with van der Waals surface area (Å²) in [6.07, 6.45) is -0.229. The molecular weight excluding hydrogens is 129 g/mol. The third-order valence-corrected chi connectivity index (χ3v) is 1.58. The van der Waals surface area contributed by atoms with Crippen molar-refractivity contribution in [1.82, 2.24) is 0 Å². The predicted octanol–water partition coefficient (Wildman–Crippen LogP) is -0.489. The lowest BCUT2D eigenvalue weighted by Crippen LogP contribution is -2.19. The van der Waals surface area contributed by atoms with Crippen LogP contribution in [0.2, 0.25) is 0 Å². The Labute approximate surface area is 47.9 Å². The molecule has 0 aromatic rings. The van der Waals surface area contributed by atoms with E-state index in [9.17, 15) is 4.57 Å². The van der Waals surface area contributed by atoms with E-state index in [1.54, 1.807) is 6.92 Å². The Kier molecular flexibility index (Phi) is 2.63. The van der Waals surface area contributed by atoms with Gasteiger partial charge in [0, 0.05) is 6.04 Å². The van der Waals surface area contributed by atoms with E-state index in [0.29, 0.717) is 0 Å². The van der Waals surface area contributed by atoms with Gasteiger partial charge in [-0.15, -0.1) is 0 Å². The second-order valence-corrected chi connectivity index (χ2v) is 3.52. The summed E-state index contributed by atoms with van der Waals surface area (Å²) in [5.74, 6) is 0. The van der Waals surface area contributed by atoms with E-state index in [1.165, 1.54) is 0 Å². The first-order chi connectivity index (χ1) is 3.42. The topological polar surface area (TPSA) is 83.6 Å². The van der Waals surface area contributed by atoms with Crippen molar-refractivity contribution < 1.29 is 14.4 Å². The van der Waals surface area contributed by atoms with E-state index in [2.05, 4.69) is 0 Å². The van der Waals surface area contributed by atoms with Crippen molar-refractivity contribution in [2.45, 2.75) is 13.0 Å². The minimum Gasteiger partial charge on any atom is -0.327 e. The zero-order valence-corrected chi connectivity index (χ0v) is 5.51. The monoisotopic (exact) mass is 139 g/mol. The van der Waals surface area contributed by atoms with Crippen molar-refractivity contribution in [3.63, 3.8) is 0 Å². The van der Waals surface area contributed by atoms with Gasteiger partial charge >= 0.3 is 7.60 Å². The number of nitrogens with two attached hydrogens (primary N) is 1. The van der Waals surface area contributed by atoms with Crippen LogP contribution in [-0.4, -0.2) is 22.0 Å². The molecular formula is C3H10NO3P. The van der Waals surface area contributed by atoms with Gasteiger partial charge < -0.3 is 15.5 Å². The van der Waals surface area contributed by atoms with Gasteiger partial charge in [0.05, 0.1) is 6.16 Å². The predicted molar refractivity (Wildman–Crippen MR) is 30.6 cm³/mol. The SMILES string of the molecule is C[C@H](N)CP(=O)(O)O. The van der Waals surface area contributed by atoms with Crippen LogP contribution in [0.15, 0.2) is 0 Å². The van der Waals surface area contributed by atoms with Gasteiger partial charge in [-0.1, -0.05) is 0 Å². The first-order valence-electron chi connectivity index (χ1n) is 2.22. The van der Waals surface area contributed by atoms with Crippen LogP contribution in [0.3, 0.4) is 0 Å². The highest BCUT2D eigenvalue weighted by atomic mass is 31.2. The van der Waals surface area contributed by atoms with Gasteiger partial charge in [0.2, 0.25) is 0 Å². The maximum absolute atomic E-state index is 10.1. The molecule has 50 valence electrons. The minimum absolute atomic E-state index is 0.229. The molecule has 0 heterocycles. The highest BCUT2D eigenvalue weighted by Gasteiger charge is 2.14. The standard InChI is InChI=1S/C3H10NO3P/c1-3(4)2-8(5,6)7/h3H,2,4H2,1H3,(H2,5,6,7)/t3-/m0/s1. The molecule has 0 bridgehead atoms. The summed E-state index contributed by atoms with van der Waals surface area (Å²) >= 11 is 0. The molecule has 0 aromatic carbocycles. The molecule has 1 atom stereocenters. The molecule has 0 saturated carbocycles. The minimum atomic E-state index is -3.85. The summed E-state index contributed by atoms with van der Waals surface area (Å²) in [6.45, 7) is 1.55. The van der Waals surface area contributed by atoms with Gasteiger partial charge in [-0.3, -0.25) is 4.57 Å². The lowest BCUT2D eigenvalue weighted by atomic mass is 10.4. The van der Waals surface area contributed by atoms with E-state index in [-0.39, 0.29) is 6.16 Å². The summed E-state index contributed by atoms with van der Waals surface area (Å²) < 4.78 is 10.1. The Hall–Kier alpha value is 0.110. The van der Waals surface area contributed by atoms with Crippen molar-refractivity contribution in [3.05, 3.63) is 0 Å². The molecule has 0 aromatic heterocycles. The molecule has 0 rings (SSSR count). The Morgan fingerprint density at radius 3 is 2.12 bits per heavy atom. The normalized spacial score (nSPS) is 16.0. The van der Waals surface area contributed by atoms with Gasteiger partial charge in [-0.05, 0) is 6.92 Å². The second-order valence-electron chi connectivity index (χ2n) is 1.82. The zero-order chi connectivity index (χ0) is 6.78.